The lowest BCUT2D eigenvalue weighted by atomic mass is 10.2. The number of urea groups is 1. The van der Waals surface area contributed by atoms with Crippen LogP contribution in [0.1, 0.15) is 5.56 Å². The lowest BCUT2D eigenvalue weighted by Gasteiger charge is -2.10. The monoisotopic (exact) mass is 348 g/mol. The highest BCUT2D eigenvalue weighted by molar-refractivity contribution is 5.89. The van der Waals surface area contributed by atoms with Crippen LogP contribution >= 0.6 is 0 Å². The van der Waals surface area contributed by atoms with E-state index in [0.29, 0.717) is 12.2 Å². The van der Waals surface area contributed by atoms with Gasteiger partial charge in [-0.25, -0.2) is 4.79 Å². The summed E-state index contributed by atoms with van der Waals surface area (Å²) < 4.78 is 10.9. The van der Waals surface area contributed by atoms with Crippen molar-refractivity contribution in [2.24, 2.45) is 0 Å². The van der Waals surface area contributed by atoms with Crippen LogP contribution in [-0.4, -0.2) is 13.1 Å². The van der Waals surface area contributed by atoms with Crippen LogP contribution in [0.3, 0.4) is 0 Å². The fourth-order valence-electron chi connectivity index (χ4n) is 2.38. The van der Waals surface area contributed by atoms with Crippen molar-refractivity contribution >= 4 is 11.7 Å². The first-order chi connectivity index (χ1) is 12.7. The Labute approximate surface area is 152 Å². The Kier molecular flexibility index (Phi) is 5.72. The molecule has 0 aliphatic heterocycles. The summed E-state index contributed by atoms with van der Waals surface area (Å²) in [6, 6.07) is 24.1. The maximum Gasteiger partial charge on any atom is 0.319 e. The Bertz CT molecular complexity index is 849. The van der Waals surface area contributed by atoms with E-state index in [0.717, 1.165) is 22.8 Å². The molecule has 0 aliphatic carbocycles. The summed E-state index contributed by atoms with van der Waals surface area (Å²) in [5.41, 5.74) is 1.65. The van der Waals surface area contributed by atoms with Gasteiger partial charge in [0.1, 0.15) is 17.2 Å². The lowest BCUT2D eigenvalue weighted by Crippen LogP contribution is -2.28. The second kappa shape index (κ2) is 8.58. The van der Waals surface area contributed by atoms with Gasteiger partial charge in [-0.2, -0.15) is 0 Å². The average Bonchev–Trinajstić information content (AvgIpc) is 2.68. The van der Waals surface area contributed by atoms with Crippen LogP contribution < -0.4 is 20.1 Å². The fourth-order valence-corrected chi connectivity index (χ4v) is 2.38. The highest BCUT2D eigenvalue weighted by atomic mass is 16.5. The third-order valence-corrected chi connectivity index (χ3v) is 3.68. The van der Waals surface area contributed by atoms with Crippen molar-refractivity contribution in [2.75, 3.05) is 12.4 Å². The molecule has 132 valence electrons. The summed E-state index contributed by atoms with van der Waals surface area (Å²) in [5.74, 6) is 2.24. The Morgan fingerprint density at radius 2 is 1.58 bits per heavy atom. The van der Waals surface area contributed by atoms with Crippen molar-refractivity contribution in [1.82, 2.24) is 5.32 Å². The minimum absolute atomic E-state index is 0.274. The van der Waals surface area contributed by atoms with Gasteiger partial charge in [-0.1, -0.05) is 30.3 Å². The molecule has 5 heteroatoms. The summed E-state index contributed by atoms with van der Waals surface area (Å²) in [6.45, 7) is 0.397. The molecule has 0 aromatic heterocycles. The molecular formula is C21H20N2O3. The number of benzene rings is 3. The molecule has 5 nitrogen and oxygen atoms in total. The third kappa shape index (κ3) is 5.01. The third-order valence-electron chi connectivity index (χ3n) is 3.68. The lowest BCUT2D eigenvalue weighted by molar-refractivity contribution is 0.251. The molecule has 0 aliphatic rings. The van der Waals surface area contributed by atoms with Crippen LogP contribution in [0.25, 0.3) is 0 Å². The molecule has 0 unspecified atom stereocenters. The standard InChI is InChI=1S/C21H20N2O3/c1-25-18-12-10-17(11-13-18)23-21(24)22-15-16-6-5-9-20(14-16)26-19-7-3-2-4-8-19/h2-14H,15H2,1H3,(H2,22,23,24). The van der Waals surface area contributed by atoms with Crippen molar-refractivity contribution in [3.05, 3.63) is 84.4 Å². The minimum Gasteiger partial charge on any atom is -0.497 e. The normalized spacial score (nSPS) is 10.0. The van der Waals surface area contributed by atoms with E-state index in [9.17, 15) is 4.79 Å². The van der Waals surface area contributed by atoms with Gasteiger partial charge in [0.2, 0.25) is 0 Å². The maximum absolute atomic E-state index is 12.0. The molecule has 0 bridgehead atoms. The number of para-hydroxylation sites is 1. The zero-order valence-corrected chi connectivity index (χ0v) is 14.4. The number of anilines is 1. The van der Waals surface area contributed by atoms with E-state index in [1.54, 1.807) is 31.4 Å². The summed E-state index contributed by atoms with van der Waals surface area (Å²) in [5, 5.41) is 5.61. The average molecular weight is 348 g/mol. The van der Waals surface area contributed by atoms with Crippen molar-refractivity contribution in [3.8, 4) is 17.2 Å². The van der Waals surface area contributed by atoms with E-state index < -0.39 is 0 Å². The van der Waals surface area contributed by atoms with E-state index >= 15 is 0 Å². The van der Waals surface area contributed by atoms with Crippen LogP contribution in [0, 0.1) is 0 Å². The zero-order chi connectivity index (χ0) is 18.2. The van der Waals surface area contributed by atoms with E-state index in [-0.39, 0.29) is 6.03 Å². The van der Waals surface area contributed by atoms with Crippen molar-refractivity contribution in [1.29, 1.82) is 0 Å². The number of ether oxygens (including phenoxy) is 2. The van der Waals surface area contributed by atoms with Gasteiger partial charge in [0.15, 0.2) is 0 Å². The molecular weight excluding hydrogens is 328 g/mol. The van der Waals surface area contributed by atoms with Gasteiger partial charge in [-0.3, -0.25) is 0 Å². The van der Waals surface area contributed by atoms with Crippen LogP contribution in [0.5, 0.6) is 17.2 Å². The Balaban J connectivity index is 1.53. The molecule has 0 radical (unpaired) electrons. The Morgan fingerprint density at radius 3 is 2.31 bits per heavy atom. The highest BCUT2D eigenvalue weighted by Gasteiger charge is 2.04. The molecule has 3 rings (SSSR count). The molecule has 26 heavy (non-hydrogen) atoms. The number of methoxy groups -OCH3 is 1. The van der Waals surface area contributed by atoms with Gasteiger partial charge >= 0.3 is 6.03 Å². The first kappa shape index (κ1) is 17.4. The van der Waals surface area contributed by atoms with E-state index in [2.05, 4.69) is 10.6 Å². The highest BCUT2D eigenvalue weighted by Crippen LogP contribution is 2.21. The minimum atomic E-state index is -0.274. The molecule has 3 aromatic rings. The molecule has 0 fully saturated rings. The molecule has 2 N–H and O–H groups in total. The van der Waals surface area contributed by atoms with Crippen LogP contribution in [0.15, 0.2) is 78.9 Å². The van der Waals surface area contributed by atoms with Crippen LogP contribution in [0.2, 0.25) is 0 Å². The van der Waals surface area contributed by atoms with Crippen LogP contribution in [-0.2, 0) is 6.54 Å². The van der Waals surface area contributed by atoms with Gasteiger partial charge in [0, 0.05) is 12.2 Å². The zero-order valence-electron chi connectivity index (χ0n) is 14.4. The van der Waals surface area contributed by atoms with Gasteiger partial charge in [-0.05, 0) is 54.1 Å². The molecule has 2 amide bonds. The van der Waals surface area contributed by atoms with Gasteiger partial charge in [0.05, 0.1) is 7.11 Å². The van der Waals surface area contributed by atoms with Gasteiger partial charge < -0.3 is 20.1 Å². The first-order valence-electron chi connectivity index (χ1n) is 8.24. The summed E-state index contributed by atoms with van der Waals surface area (Å²) in [4.78, 5) is 12.0. The summed E-state index contributed by atoms with van der Waals surface area (Å²) in [7, 11) is 1.60. The number of amides is 2. The van der Waals surface area contributed by atoms with Gasteiger partial charge in [0.25, 0.3) is 0 Å². The fraction of sp³-hybridized carbons (Fsp3) is 0.0952. The number of hydrogen-bond donors (Lipinski definition) is 2. The van der Waals surface area contributed by atoms with Crippen molar-refractivity contribution in [3.63, 3.8) is 0 Å². The molecule has 0 heterocycles. The van der Waals surface area contributed by atoms with E-state index in [1.807, 2.05) is 54.6 Å². The summed E-state index contributed by atoms with van der Waals surface area (Å²) in [6.07, 6.45) is 0. The van der Waals surface area contributed by atoms with Crippen molar-refractivity contribution < 1.29 is 14.3 Å². The Morgan fingerprint density at radius 1 is 0.846 bits per heavy atom. The smallest absolute Gasteiger partial charge is 0.319 e. The van der Waals surface area contributed by atoms with E-state index in [1.165, 1.54) is 0 Å². The largest absolute Gasteiger partial charge is 0.497 e. The number of carbonyl (C=O) groups excluding carboxylic acids is 1. The number of nitrogens with one attached hydrogen (secondary N) is 2. The topological polar surface area (TPSA) is 59.6 Å². The SMILES string of the molecule is COc1ccc(NC(=O)NCc2cccc(Oc3ccccc3)c2)cc1. The van der Waals surface area contributed by atoms with Gasteiger partial charge in [-0.15, -0.1) is 0 Å². The quantitative estimate of drug-likeness (QED) is 0.672. The number of rotatable bonds is 6. The second-order valence-corrected chi connectivity index (χ2v) is 5.60. The first-order valence-corrected chi connectivity index (χ1v) is 8.24. The molecule has 0 atom stereocenters. The number of carbonyl (C=O) groups is 1. The number of hydrogen-bond acceptors (Lipinski definition) is 3. The maximum atomic E-state index is 12.0. The van der Waals surface area contributed by atoms with E-state index in [4.69, 9.17) is 9.47 Å². The van der Waals surface area contributed by atoms with Crippen molar-refractivity contribution in [2.45, 2.75) is 6.54 Å². The van der Waals surface area contributed by atoms with Crippen LogP contribution in [0.4, 0.5) is 10.5 Å². The predicted molar refractivity (Wildman–Crippen MR) is 102 cm³/mol. The molecule has 0 spiro atoms. The Hall–Kier alpha value is -3.47. The molecule has 0 saturated heterocycles. The predicted octanol–water partition coefficient (Wildman–Crippen LogP) is 4.81. The molecule has 0 saturated carbocycles. The second-order valence-electron chi connectivity index (χ2n) is 5.60. The molecule has 3 aromatic carbocycles. The summed E-state index contributed by atoms with van der Waals surface area (Å²) >= 11 is 0.